The molecular formula is C14H25N3O3S. The molecule has 2 heterocycles. The summed E-state index contributed by atoms with van der Waals surface area (Å²) in [5.41, 5.74) is -0.177. The SMILES string of the molecule is CCN=C1N[C@@H]2[C@@H](O)[C@H](O)[C@@H](CNC3CCCC3)O[C@@H]2S1. The Morgan fingerprint density at radius 3 is 2.81 bits per heavy atom. The van der Waals surface area contributed by atoms with Crippen molar-refractivity contribution >= 4 is 16.9 Å². The molecule has 6 nitrogen and oxygen atoms in total. The highest BCUT2D eigenvalue weighted by atomic mass is 32.2. The van der Waals surface area contributed by atoms with Gasteiger partial charge in [0.2, 0.25) is 0 Å². The predicted molar refractivity (Wildman–Crippen MR) is 83.4 cm³/mol. The molecule has 120 valence electrons. The maximum absolute atomic E-state index is 10.3. The summed E-state index contributed by atoms with van der Waals surface area (Å²) in [5, 5.41) is 28.0. The first-order valence-corrected chi connectivity index (χ1v) is 8.79. The highest BCUT2D eigenvalue weighted by molar-refractivity contribution is 8.14. The zero-order chi connectivity index (χ0) is 14.8. The van der Waals surface area contributed by atoms with Crippen LogP contribution in [0.25, 0.3) is 0 Å². The first-order chi connectivity index (χ1) is 10.2. The van der Waals surface area contributed by atoms with E-state index in [4.69, 9.17) is 4.74 Å². The minimum atomic E-state index is -0.866. The van der Waals surface area contributed by atoms with Crippen LogP contribution in [0, 0.1) is 0 Å². The van der Waals surface area contributed by atoms with Crippen molar-refractivity contribution < 1.29 is 14.9 Å². The molecule has 4 N–H and O–H groups in total. The number of nitrogens with zero attached hydrogens (tertiary/aromatic N) is 1. The summed E-state index contributed by atoms with van der Waals surface area (Å²) >= 11 is 1.50. The Morgan fingerprint density at radius 1 is 1.33 bits per heavy atom. The molecule has 0 aromatic heterocycles. The third-order valence-corrected chi connectivity index (χ3v) is 5.59. The van der Waals surface area contributed by atoms with Crippen LogP contribution in [0.3, 0.4) is 0 Å². The van der Waals surface area contributed by atoms with Crippen LogP contribution in [0.5, 0.6) is 0 Å². The molecule has 0 unspecified atom stereocenters. The molecule has 5 atom stereocenters. The van der Waals surface area contributed by atoms with Crippen LogP contribution in [-0.4, -0.2) is 64.3 Å². The number of hydrogen-bond donors (Lipinski definition) is 4. The number of hydrogen-bond acceptors (Lipinski definition) is 6. The molecule has 0 amide bonds. The Morgan fingerprint density at radius 2 is 2.10 bits per heavy atom. The van der Waals surface area contributed by atoms with Crippen LogP contribution >= 0.6 is 11.8 Å². The lowest BCUT2D eigenvalue weighted by atomic mass is 9.97. The van der Waals surface area contributed by atoms with Crippen molar-refractivity contribution in [3.05, 3.63) is 0 Å². The van der Waals surface area contributed by atoms with E-state index in [0.717, 1.165) is 5.17 Å². The van der Waals surface area contributed by atoms with Gasteiger partial charge in [-0.25, -0.2) is 0 Å². The van der Waals surface area contributed by atoms with Gasteiger partial charge in [0.1, 0.15) is 23.7 Å². The second-order valence-electron chi connectivity index (χ2n) is 5.98. The van der Waals surface area contributed by atoms with E-state index >= 15 is 0 Å². The molecule has 0 spiro atoms. The Hall–Kier alpha value is -0.340. The Balaban J connectivity index is 1.58. The lowest BCUT2D eigenvalue weighted by Crippen LogP contribution is -2.61. The van der Waals surface area contributed by atoms with Crippen molar-refractivity contribution in [2.45, 2.75) is 68.4 Å². The number of rotatable bonds is 4. The van der Waals surface area contributed by atoms with Gasteiger partial charge in [0, 0.05) is 19.1 Å². The van der Waals surface area contributed by atoms with Crippen molar-refractivity contribution in [2.75, 3.05) is 13.1 Å². The third kappa shape index (κ3) is 3.37. The summed E-state index contributed by atoms with van der Waals surface area (Å²) in [7, 11) is 0. The van der Waals surface area contributed by atoms with Crippen molar-refractivity contribution in [1.82, 2.24) is 10.6 Å². The molecular weight excluding hydrogens is 290 g/mol. The number of aliphatic imine (C=N–C) groups is 1. The van der Waals surface area contributed by atoms with E-state index in [1.165, 1.54) is 37.4 Å². The van der Waals surface area contributed by atoms with Crippen LogP contribution in [0.15, 0.2) is 4.99 Å². The summed E-state index contributed by atoms with van der Waals surface area (Å²) in [6.45, 7) is 3.25. The first kappa shape index (κ1) is 15.6. The molecule has 3 fully saturated rings. The average Bonchev–Trinajstić information content (AvgIpc) is 3.11. The van der Waals surface area contributed by atoms with E-state index < -0.39 is 12.2 Å². The number of nitrogens with one attached hydrogen (secondary N) is 2. The Labute approximate surface area is 129 Å². The number of aliphatic hydroxyl groups is 2. The van der Waals surface area contributed by atoms with Gasteiger partial charge in [0.05, 0.1) is 6.04 Å². The standard InChI is InChI=1S/C14H25N3O3S/c1-2-15-14-17-10-12(19)11(18)9(20-13(10)21-14)7-16-8-5-3-4-6-8/h8-13,16,18-19H,2-7H2,1H3,(H,15,17)/t9-,10-,11-,12-,13-/m1/s1. The summed E-state index contributed by atoms with van der Waals surface area (Å²) in [6, 6.07) is 0.250. The van der Waals surface area contributed by atoms with Gasteiger partial charge in [0.15, 0.2) is 5.17 Å². The Bertz CT molecular complexity index is 390. The fourth-order valence-electron chi connectivity index (χ4n) is 3.28. The van der Waals surface area contributed by atoms with Crippen molar-refractivity contribution in [3.8, 4) is 0 Å². The monoisotopic (exact) mass is 315 g/mol. The maximum atomic E-state index is 10.3. The molecule has 0 radical (unpaired) electrons. The number of thioether (sulfide) groups is 1. The largest absolute Gasteiger partial charge is 0.388 e. The normalized spacial score (nSPS) is 42.2. The minimum absolute atomic E-state index is 0.177. The van der Waals surface area contributed by atoms with Gasteiger partial charge in [-0.3, -0.25) is 4.99 Å². The molecule has 2 saturated heterocycles. The molecule has 3 rings (SSSR count). The zero-order valence-corrected chi connectivity index (χ0v) is 13.2. The van der Waals surface area contributed by atoms with Crippen molar-refractivity contribution in [1.29, 1.82) is 0 Å². The van der Waals surface area contributed by atoms with Crippen molar-refractivity contribution in [2.24, 2.45) is 4.99 Å². The fourth-order valence-corrected chi connectivity index (χ4v) is 4.48. The van der Waals surface area contributed by atoms with Gasteiger partial charge < -0.3 is 25.6 Å². The van der Waals surface area contributed by atoms with Gasteiger partial charge in [-0.15, -0.1) is 0 Å². The smallest absolute Gasteiger partial charge is 0.159 e. The summed E-state index contributed by atoms with van der Waals surface area (Å²) in [5.74, 6) is 0. The van der Waals surface area contributed by atoms with Crippen LogP contribution in [-0.2, 0) is 4.74 Å². The molecule has 7 heteroatoms. The zero-order valence-electron chi connectivity index (χ0n) is 12.4. The lowest BCUT2D eigenvalue weighted by Gasteiger charge is -2.39. The number of aliphatic hydroxyl groups excluding tert-OH is 2. The Kier molecular flexibility index (Phi) is 5.06. The molecule has 0 aromatic rings. The van der Waals surface area contributed by atoms with Gasteiger partial charge >= 0.3 is 0 Å². The predicted octanol–water partition coefficient (Wildman–Crippen LogP) is 0.0462. The number of amidine groups is 1. The topological polar surface area (TPSA) is 86.1 Å². The highest BCUT2D eigenvalue weighted by Crippen LogP contribution is 2.33. The van der Waals surface area contributed by atoms with Crippen LogP contribution in [0.1, 0.15) is 32.6 Å². The summed E-state index contributed by atoms with van der Waals surface area (Å²) < 4.78 is 5.98. The van der Waals surface area contributed by atoms with Gasteiger partial charge in [-0.05, 0) is 19.8 Å². The quantitative estimate of drug-likeness (QED) is 0.586. The fraction of sp³-hybridized carbons (Fsp3) is 0.929. The minimum Gasteiger partial charge on any atom is -0.388 e. The molecule has 2 aliphatic heterocycles. The van der Waals surface area contributed by atoms with Crippen LogP contribution < -0.4 is 10.6 Å². The number of ether oxygens (including phenoxy) is 1. The van der Waals surface area contributed by atoms with E-state index in [1.807, 2.05) is 6.92 Å². The molecule has 1 aliphatic carbocycles. The highest BCUT2D eigenvalue weighted by Gasteiger charge is 2.48. The maximum Gasteiger partial charge on any atom is 0.159 e. The summed E-state index contributed by atoms with van der Waals surface area (Å²) in [4.78, 5) is 4.32. The molecule has 3 aliphatic rings. The third-order valence-electron chi connectivity index (χ3n) is 4.48. The van der Waals surface area contributed by atoms with E-state index in [2.05, 4.69) is 15.6 Å². The van der Waals surface area contributed by atoms with Crippen LogP contribution in [0.2, 0.25) is 0 Å². The van der Waals surface area contributed by atoms with E-state index in [-0.39, 0.29) is 17.6 Å². The second kappa shape index (κ2) is 6.83. The lowest BCUT2D eigenvalue weighted by molar-refractivity contribution is -0.154. The van der Waals surface area contributed by atoms with E-state index in [1.54, 1.807) is 0 Å². The van der Waals surface area contributed by atoms with Crippen LogP contribution in [0.4, 0.5) is 0 Å². The van der Waals surface area contributed by atoms with E-state index in [9.17, 15) is 10.2 Å². The van der Waals surface area contributed by atoms with Gasteiger partial charge in [0.25, 0.3) is 0 Å². The van der Waals surface area contributed by atoms with Gasteiger partial charge in [-0.1, -0.05) is 24.6 Å². The first-order valence-electron chi connectivity index (χ1n) is 7.91. The van der Waals surface area contributed by atoms with Gasteiger partial charge in [-0.2, -0.15) is 0 Å². The second-order valence-corrected chi connectivity index (χ2v) is 7.07. The number of fused-ring (bicyclic) bond motifs is 1. The van der Waals surface area contributed by atoms with E-state index in [0.29, 0.717) is 19.1 Å². The summed E-state index contributed by atoms with van der Waals surface area (Å²) in [6.07, 6.45) is 2.88. The van der Waals surface area contributed by atoms with Crippen molar-refractivity contribution in [3.63, 3.8) is 0 Å². The molecule has 21 heavy (non-hydrogen) atoms. The molecule has 0 aromatic carbocycles. The average molecular weight is 315 g/mol. The molecule has 0 bridgehead atoms. The molecule has 1 saturated carbocycles.